The molecule has 3 N–H and O–H groups in total. The highest BCUT2D eigenvalue weighted by Gasteiger charge is 2.16. The summed E-state index contributed by atoms with van der Waals surface area (Å²) in [5.41, 5.74) is 1.21. The number of anilines is 3. The van der Waals surface area contributed by atoms with Crippen LogP contribution in [0, 0.1) is 0 Å². The molecule has 0 unspecified atom stereocenters. The van der Waals surface area contributed by atoms with Gasteiger partial charge in [0.15, 0.2) is 0 Å². The van der Waals surface area contributed by atoms with Gasteiger partial charge >= 0.3 is 6.09 Å². The summed E-state index contributed by atoms with van der Waals surface area (Å²) in [7, 11) is -3.36. The molecule has 8 nitrogen and oxygen atoms in total. The van der Waals surface area contributed by atoms with Gasteiger partial charge in [-0.15, -0.1) is 0 Å². The van der Waals surface area contributed by atoms with Crippen LogP contribution in [0.2, 0.25) is 0 Å². The zero-order chi connectivity index (χ0) is 20.9. The Kier molecular flexibility index (Phi) is 6.30. The summed E-state index contributed by atoms with van der Waals surface area (Å²) >= 11 is 0. The van der Waals surface area contributed by atoms with Gasteiger partial charge in [-0.05, 0) is 69.3 Å². The minimum atomic E-state index is -3.36. The van der Waals surface area contributed by atoms with Crippen LogP contribution in [0.3, 0.4) is 0 Å². The highest BCUT2D eigenvalue weighted by Crippen LogP contribution is 2.17. The molecule has 0 fully saturated rings. The molecule has 0 spiro atoms. The van der Waals surface area contributed by atoms with Crippen molar-refractivity contribution in [3.8, 4) is 0 Å². The van der Waals surface area contributed by atoms with E-state index in [9.17, 15) is 18.0 Å². The molecular formula is C19H23N3O5S. The number of carbonyl (C=O) groups excluding carboxylic acids is 2. The number of hydrogen-bond donors (Lipinski definition) is 3. The Labute approximate surface area is 164 Å². The van der Waals surface area contributed by atoms with Crippen molar-refractivity contribution < 1.29 is 22.7 Å². The molecule has 0 atom stereocenters. The lowest BCUT2D eigenvalue weighted by Gasteiger charge is -2.19. The fourth-order valence-electron chi connectivity index (χ4n) is 2.17. The summed E-state index contributed by atoms with van der Waals surface area (Å²) in [5.74, 6) is -0.340. The normalized spacial score (nSPS) is 11.4. The Morgan fingerprint density at radius 1 is 0.821 bits per heavy atom. The van der Waals surface area contributed by atoms with Crippen molar-refractivity contribution in [3.05, 3.63) is 54.1 Å². The number of rotatable bonds is 5. The lowest BCUT2D eigenvalue weighted by molar-refractivity contribution is 0.0635. The van der Waals surface area contributed by atoms with Crippen molar-refractivity contribution in [1.29, 1.82) is 0 Å². The molecule has 2 rings (SSSR count). The molecule has 0 saturated heterocycles. The molecule has 9 heteroatoms. The van der Waals surface area contributed by atoms with Crippen LogP contribution in [0.5, 0.6) is 0 Å². The highest BCUT2D eigenvalue weighted by atomic mass is 32.2. The van der Waals surface area contributed by atoms with Crippen LogP contribution in [0.1, 0.15) is 31.1 Å². The Balaban J connectivity index is 1.96. The lowest BCUT2D eigenvalue weighted by atomic mass is 10.2. The second-order valence-electron chi connectivity index (χ2n) is 7.11. The predicted octanol–water partition coefficient (Wildman–Crippen LogP) is 3.66. The number of sulfonamides is 1. The van der Waals surface area contributed by atoms with Gasteiger partial charge < -0.3 is 10.1 Å². The van der Waals surface area contributed by atoms with Crippen LogP contribution in [0.4, 0.5) is 21.9 Å². The Morgan fingerprint density at radius 3 is 1.79 bits per heavy atom. The van der Waals surface area contributed by atoms with Gasteiger partial charge in [0.05, 0.1) is 6.26 Å². The SMILES string of the molecule is CC(C)(C)OC(=O)Nc1ccc(C(=O)Nc2ccc(NS(C)(=O)=O)cc2)cc1. The second kappa shape index (κ2) is 8.30. The van der Waals surface area contributed by atoms with Crippen LogP contribution in [0.15, 0.2) is 48.5 Å². The van der Waals surface area contributed by atoms with Gasteiger partial charge in [-0.1, -0.05) is 0 Å². The summed E-state index contributed by atoms with van der Waals surface area (Å²) in [6, 6.07) is 12.6. The molecule has 0 radical (unpaired) electrons. The molecule has 0 saturated carbocycles. The summed E-state index contributed by atoms with van der Waals surface area (Å²) in [5, 5.41) is 5.30. The smallest absolute Gasteiger partial charge is 0.412 e. The Bertz CT molecular complexity index is 947. The maximum atomic E-state index is 12.3. The van der Waals surface area contributed by atoms with Gasteiger partial charge in [-0.25, -0.2) is 13.2 Å². The van der Waals surface area contributed by atoms with E-state index in [1.807, 2.05) is 0 Å². The van der Waals surface area contributed by atoms with Crippen LogP contribution >= 0.6 is 0 Å². The average molecular weight is 405 g/mol. The lowest BCUT2D eigenvalue weighted by Crippen LogP contribution is -2.27. The topological polar surface area (TPSA) is 114 Å². The van der Waals surface area contributed by atoms with Crippen molar-refractivity contribution in [1.82, 2.24) is 0 Å². The van der Waals surface area contributed by atoms with E-state index >= 15 is 0 Å². The molecular weight excluding hydrogens is 382 g/mol. The summed E-state index contributed by atoms with van der Waals surface area (Å²) in [4.78, 5) is 24.1. The van der Waals surface area contributed by atoms with Crippen molar-refractivity contribution in [2.45, 2.75) is 26.4 Å². The summed E-state index contributed by atoms with van der Waals surface area (Å²) < 4.78 is 29.9. The van der Waals surface area contributed by atoms with Crippen molar-refractivity contribution in [2.75, 3.05) is 21.6 Å². The van der Waals surface area contributed by atoms with Crippen molar-refractivity contribution in [3.63, 3.8) is 0 Å². The third-order valence-electron chi connectivity index (χ3n) is 3.24. The van der Waals surface area contributed by atoms with E-state index in [-0.39, 0.29) is 5.91 Å². The zero-order valence-electron chi connectivity index (χ0n) is 16.1. The molecule has 2 amide bonds. The molecule has 0 aliphatic heterocycles. The van der Waals surface area contributed by atoms with Gasteiger partial charge in [-0.2, -0.15) is 0 Å². The largest absolute Gasteiger partial charge is 0.444 e. The maximum absolute atomic E-state index is 12.3. The first-order valence-corrected chi connectivity index (χ1v) is 10.3. The molecule has 150 valence electrons. The van der Waals surface area contributed by atoms with E-state index in [1.165, 1.54) is 0 Å². The molecule has 28 heavy (non-hydrogen) atoms. The van der Waals surface area contributed by atoms with E-state index in [4.69, 9.17) is 4.74 Å². The molecule has 0 heterocycles. The van der Waals surface area contributed by atoms with Crippen molar-refractivity contribution >= 4 is 39.1 Å². The average Bonchev–Trinajstić information content (AvgIpc) is 2.54. The molecule has 2 aromatic carbocycles. The maximum Gasteiger partial charge on any atom is 0.412 e. The van der Waals surface area contributed by atoms with E-state index in [2.05, 4.69) is 15.4 Å². The third kappa shape index (κ3) is 7.28. The number of hydrogen-bond acceptors (Lipinski definition) is 5. The number of benzene rings is 2. The Hall–Kier alpha value is -3.07. The molecule has 0 aliphatic carbocycles. The van der Waals surface area contributed by atoms with E-state index < -0.39 is 21.7 Å². The third-order valence-corrected chi connectivity index (χ3v) is 3.84. The minimum absolute atomic E-state index is 0.340. The van der Waals surface area contributed by atoms with Gasteiger partial charge in [0.1, 0.15) is 5.60 Å². The van der Waals surface area contributed by atoms with Crippen LogP contribution < -0.4 is 15.4 Å². The quantitative estimate of drug-likeness (QED) is 0.702. The second-order valence-corrected chi connectivity index (χ2v) is 8.86. The first-order valence-electron chi connectivity index (χ1n) is 8.40. The van der Waals surface area contributed by atoms with E-state index in [0.717, 1.165) is 6.26 Å². The predicted molar refractivity (Wildman–Crippen MR) is 109 cm³/mol. The minimum Gasteiger partial charge on any atom is -0.444 e. The summed E-state index contributed by atoms with van der Waals surface area (Å²) in [6.45, 7) is 5.30. The van der Waals surface area contributed by atoms with Gasteiger partial charge in [0, 0.05) is 22.6 Å². The molecule has 0 aromatic heterocycles. The molecule has 2 aromatic rings. The fourth-order valence-corrected chi connectivity index (χ4v) is 2.73. The van der Waals surface area contributed by atoms with Gasteiger partial charge in [-0.3, -0.25) is 14.8 Å². The van der Waals surface area contributed by atoms with Gasteiger partial charge in [0.2, 0.25) is 10.0 Å². The van der Waals surface area contributed by atoms with Crippen LogP contribution in [-0.2, 0) is 14.8 Å². The van der Waals surface area contributed by atoms with Crippen molar-refractivity contribution in [2.24, 2.45) is 0 Å². The molecule has 0 bridgehead atoms. The standard InChI is InChI=1S/C19H23N3O5S/c1-19(2,3)27-18(24)21-15-7-5-13(6-8-15)17(23)20-14-9-11-16(12-10-14)22-28(4,25)26/h5-12,22H,1-4H3,(H,20,23)(H,21,24). The number of nitrogens with one attached hydrogen (secondary N) is 3. The van der Waals surface area contributed by atoms with E-state index in [0.29, 0.717) is 22.6 Å². The number of amides is 2. The monoisotopic (exact) mass is 405 g/mol. The van der Waals surface area contributed by atoms with E-state index in [1.54, 1.807) is 69.3 Å². The zero-order valence-corrected chi connectivity index (χ0v) is 16.9. The fraction of sp³-hybridized carbons (Fsp3) is 0.263. The van der Waals surface area contributed by atoms with Crippen LogP contribution in [0.25, 0.3) is 0 Å². The molecule has 0 aliphatic rings. The number of carbonyl (C=O) groups is 2. The van der Waals surface area contributed by atoms with Gasteiger partial charge in [0.25, 0.3) is 5.91 Å². The Morgan fingerprint density at radius 2 is 1.29 bits per heavy atom. The number of ether oxygens (including phenoxy) is 1. The first-order chi connectivity index (χ1) is 12.9. The van der Waals surface area contributed by atoms with Crippen LogP contribution in [-0.4, -0.2) is 32.3 Å². The summed E-state index contributed by atoms with van der Waals surface area (Å²) in [6.07, 6.45) is 0.483. The highest BCUT2D eigenvalue weighted by molar-refractivity contribution is 7.92. The first kappa shape index (κ1) is 21.2.